The van der Waals surface area contributed by atoms with Crippen LogP contribution in [0.2, 0.25) is 0 Å². The fourth-order valence-corrected chi connectivity index (χ4v) is 4.93. The molecule has 162 valence electrons. The Balaban J connectivity index is 1.83. The number of nitro benzene ring substituents is 1. The van der Waals surface area contributed by atoms with Gasteiger partial charge in [0, 0.05) is 24.7 Å². The van der Waals surface area contributed by atoms with Crippen molar-refractivity contribution in [2.45, 2.75) is 36.4 Å². The van der Waals surface area contributed by atoms with Crippen molar-refractivity contribution in [1.82, 2.24) is 4.31 Å². The lowest BCUT2D eigenvalue weighted by Gasteiger charge is -2.38. The van der Waals surface area contributed by atoms with Crippen LogP contribution in [0.15, 0.2) is 47.4 Å². The smallest absolute Gasteiger partial charge is 0.385 e. The van der Waals surface area contributed by atoms with Gasteiger partial charge < -0.3 is 5.11 Å². The van der Waals surface area contributed by atoms with Crippen LogP contribution in [0.3, 0.4) is 0 Å². The molecule has 1 aliphatic rings. The normalized spacial score (nSPS) is 17.6. The van der Waals surface area contributed by atoms with Gasteiger partial charge in [-0.15, -0.1) is 0 Å². The second kappa shape index (κ2) is 7.64. The van der Waals surface area contributed by atoms with Crippen LogP contribution in [-0.4, -0.2) is 35.8 Å². The Labute approximate surface area is 171 Å². The van der Waals surface area contributed by atoms with Crippen LogP contribution >= 0.6 is 0 Å². The lowest BCUT2D eigenvalue weighted by molar-refractivity contribution is -0.385. The molecule has 30 heavy (non-hydrogen) atoms. The molecule has 7 nitrogen and oxygen atoms in total. The Morgan fingerprint density at radius 2 is 1.77 bits per heavy atom. The summed E-state index contributed by atoms with van der Waals surface area (Å²) in [6, 6.07) is 7.94. The molecule has 1 heterocycles. The molecule has 0 spiro atoms. The first-order chi connectivity index (χ1) is 13.8. The minimum Gasteiger partial charge on any atom is -0.385 e. The third-order valence-corrected chi connectivity index (χ3v) is 7.19. The number of alkyl halides is 3. The molecule has 0 radical (unpaired) electrons. The first-order valence-electron chi connectivity index (χ1n) is 9.00. The molecule has 11 heteroatoms. The average Bonchev–Trinajstić information content (AvgIpc) is 2.68. The molecule has 2 aromatic carbocycles. The molecule has 0 atom stereocenters. The molecule has 0 bridgehead atoms. The number of piperidine rings is 1. The summed E-state index contributed by atoms with van der Waals surface area (Å²) in [6.45, 7) is 1.21. The van der Waals surface area contributed by atoms with E-state index in [4.69, 9.17) is 0 Å². The SMILES string of the molecule is Cc1ccc(S(=O)(=O)N2CCC(O)(c3cccc(C(F)(F)F)c3)CC2)cc1[N+](=O)[O-]. The van der Waals surface area contributed by atoms with Crippen LogP contribution in [0.1, 0.15) is 29.5 Å². The molecule has 0 aliphatic carbocycles. The molecular weight excluding hydrogens is 425 g/mol. The summed E-state index contributed by atoms with van der Waals surface area (Å²) in [6.07, 6.45) is -4.78. The van der Waals surface area contributed by atoms with Crippen LogP contribution in [0, 0.1) is 17.0 Å². The van der Waals surface area contributed by atoms with Crippen LogP contribution in [0.5, 0.6) is 0 Å². The maximum Gasteiger partial charge on any atom is 0.416 e. The van der Waals surface area contributed by atoms with E-state index in [1.54, 1.807) is 0 Å². The zero-order valence-corrected chi connectivity index (χ0v) is 16.7. The van der Waals surface area contributed by atoms with E-state index < -0.39 is 32.3 Å². The van der Waals surface area contributed by atoms with Crippen LogP contribution in [0.4, 0.5) is 18.9 Å². The van der Waals surface area contributed by atoms with Crippen molar-refractivity contribution in [3.05, 3.63) is 69.3 Å². The minimum atomic E-state index is -4.56. The topological polar surface area (TPSA) is 101 Å². The molecule has 0 saturated carbocycles. The zero-order valence-electron chi connectivity index (χ0n) is 15.9. The fraction of sp³-hybridized carbons (Fsp3) is 0.368. The van der Waals surface area contributed by atoms with Crippen molar-refractivity contribution >= 4 is 15.7 Å². The van der Waals surface area contributed by atoms with Crippen molar-refractivity contribution in [2.24, 2.45) is 0 Å². The Bertz CT molecular complexity index is 1080. The number of halogens is 3. The van der Waals surface area contributed by atoms with Gasteiger partial charge in [-0.25, -0.2) is 8.42 Å². The van der Waals surface area contributed by atoms with E-state index in [1.807, 2.05) is 0 Å². The summed E-state index contributed by atoms with van der Waals surface area (Å²) >= 11 is 0. The average molecular weight is 444 g/mol. The van der Waals surface area contributed by atoms with Gasteiger partial charge in [-0.3, -0.25) is 10.1 Å². The summed E-state index contributed by atoms with van der Waals surface area (Å²) in [4.78, 5) is 10.2. The molecule has 1 N–H and O–H groups in total. The summed E-state index contributed by atoms with van der Waals surface area (Å²) in [5.41, 5.74) is -2.44. The highest BCUT2D eigenvalue weighted by molar-refractivity contribution is 7.89. The van der Waals surface area contributed by atoms with E-state index in [0.717, 1.165) is 22.5 Å². The Morgan fingerprint density at radius 3 is 2.33 bits per heavy atom. The number of hydrogen-bond donors (Lipinski definition) is 1. The van der Waals surface area contributed by atoms with E-state index in [-0.39, 0.29) is 42.1 Å². The predicted molar refractivity (Wildman–Crippen MR) is 101 cm³/mol. The van der Waals surface area contributed by atoms with E-state index >= 15 is 0 Å². The first-order valence-corrected chi connectivity index (χ1v) is 10.4. The Morgan fingerprint density at radius 1 is 1.13 bits per heavy atom. The van der Waals surface area contributed by atoms with Gasteiger partial charge in [0.2, 0.25) is 10.0 Å². The van der Waals surface area contributed by atoms with Gasteiger partial charge in [0.15, 0.2) is 0 Å². The second-order valence-corrected chi connectivity index (χ2v) is 9.16. The van der Waals surface area contributed by atoms with Gasteiger partial charge in [-0.05, 0) is 43.5 Å². The molecule has 1 saturated heterocycles. The van der Waals surface area contributed by atoms with Gasteiger partial charge >= 0.3 is 6.18 Å². The van der Waals surface area contributed by atoms with E-state index in [0.29, 0.717) is 5.56 Å². The van der Waals surface area contributed by atoms with Gasteiger partial charge in [0.1, 0.15) is 0 Å². The Kier molecular flexibility index (Phi) is 5.65. The number of benzene rings is 2. The maximum absolute atomic E-state index is 13.0. The quantitative estimate of drug-likeness (QED) is 0.574. The van der Waals surface area contributed by atoms with Crippen molar-refractivity contribution in [3.63, 3.8) is 0 Å². The largest absolute Gasteiger partial charge is 0.416 e. The van der Waals surface area contributed by atoms with Gasteiger partial charge in [-0.2, -0.15) is 17.5 Å². The zero-order chi connectivity index (χ0) is 22.3. The monoisotopic (exact) mass is 444 g/mol. The van der Waals surface area contributed by atoms with Crippen LogP contribution in [0.25, 0.3) is 0 Å². The first kappa shape index (κ1) is 22.2. The van der Waals surface area contributed by atoms with Crippen molar-refractivity contribution in [2.75, 3.05) is 13.1 Å². The van der Waals surface area contributed by atoms with Gasteiger partial charge in [0.05, 0.1) is 21.0 Å². The molecule has 1 aliphatic heterocycles. The number of nitrogens with zero attached hydrogens (tertiary/aromatic N) is 2. The third kappa shape index (κ3) is 4.18. The lowest BCUT2D eigenvalue weighted by atomic mass is 9.84. The number of hydrogen-bond acceptors (Lipinski definition) is 5. The number of aliphatic hydroxyl groups is 1. The molecule has 1 fully saturated rings. The van der Waals surface area contributed by atoms with Crippen LogP contribution in [-0.2, 0) is 21.8 Å². The molecule has 0 amide bonds. The number of aryl methyl sites for hydroxylation is 1. The van der Waals surface area contributed by atoms with E-state index in [2.05, 4.69) is 0 Å². The van der Waals surface area contributed by atoms with E-state index in [1.165, 1.54) is 31.2 Å². The molecule has 0 unspecified atom stereocenters. The van der Waals surface area contributed by atoms with Crippen molar-refractivity contribution in [3.8, 4) is 0 Å². The predicted octanol–water partition coefficient (Wildman–Crippen LogP) is 3.59. The highest BCUT2D eigenvalue weighted by Crippen LogP contribution is 2.38. The van der Waals surface area contributed by atoms with Gasteiger partial charge in [0.25, 0.3) is 5.69 Å². The molecule has 2 aromatic rings. The van der Waals surface area contributed by atoms with Crippen LogP contribution < -0.4 is 0 Å². The number of sulfonamides is 1. The van der Waals surface area contributed by atoms with Crippen molar-refractivity contribution in [1.29, 1.82) is 0 Å². The summed E-state index contributed by atoms with van der Waals surface area (Å²) in [5.74, 6) is 0. The highest BCUT2D eigenvalue weighted by Gasteiger charge is 2.40. The standard InChI is InChI=1S/C19H19F3N2O5S/c1-13-5-6-16(12-17(13)24(26)27)30(28,29)23-9-7-18(25,8-10-23)14-3-2-4-15(11-14)19(20,21)22/h2-6,11-12,25H,7-10H2,1H3. The highest BCUT2D eigenvalue weighted by atomic mass is 32.2. The minimum absolute atomic E-state index is 0.0698. The lowest BCUT2D eigenvalue weighted by Crippen LogP contribution is -2.45. The molecular formula is C19H19F3N2O5S. The summed E-state index contributed by atoms with van der Waals surface area (Å²) < 4.78 is 65.7. The number of rotatable bonds is 4. The summed E-state index contributed by atoms with van der Waals surface area (Å²) in [5, 5.41) is 22.0. The third-order valence-electron chi connectivity index (χ3n) is 5.29. The maximum atomic E-state index is 13.0. The Hall–Kier alpha value is -2.50. The molecule has 3 rings (SSSR count). The van der Waals surface area contributed by atoms with Crippen molar-refractivity contribution < 1.29 is 31.6 Å². The fourth-order valence-electron chi connectivity index (χ4n) is 3.47. The summed E-state index contributed by atoms with van der Waals surface area (Å²) in [7, 11) is -4.06. The second-order valence-electron chi connectivity index (χ2n) is 7.22. The molecule has 0 aromatic heterocycles. The van der Waals surface area contributed by atoms with Gasteiger partial charge in [-0.1, -0.05) is 18.2 Å². The number of nitro groups is 1. The van der Waals surface area contributed by atoms with E-state index in [9.17, 15) is 36.8 Å².